The molecule has 2 unspecified atom stereocenters. The van der Waals surface area contributed by atoms with Gasteiger partial charge in [-0.3, -0.25) is 0 Å². The number of aromatic nitrogens is 1. The predicted molar refractivity (Wildman–Crippen MR) is 76.8 cm³/mol. The molecule has 2 saturated heterocycles. The van der Waals surface area contributed by atoms with Gasteiger partial charge < -0.3 is 21.1 Å². The number of rotatable bonds is 3. The average Bonchev–Trinajstić information content (AvgIpc) is 2.88. The summed E-state index contributed by atoms with van der Waals surface area (Å²) >= 11 is 0. The summed E-state index contributed by atoms with van der Waals surface area (Å²) in [6.45, 7) is 2.31. The van der Waals surface area contributed by atoms with Gasteiger partial charge in [-0.15, -0.1) is 0 Å². The lowest BCUT2D eigenvalue weighted by molar-refractivity contribution is 0.0698. The largest absolute Gasteiger partial charge is 0.478 e. The normalized spacial score (nSPS) is 26.2. The van der Waals surface area contributed by atoms with E-state index in [0.29, 0.717) is 17.9 Å². The molecular weight excluding hydrogens is 256 g/mol. The number of nitrogen functional groups attached to an aromatic ring is 1. The van der Waals surface area contributed by atoms with Gasteiger partial charge in [-0.2, -0.15) is 0 Å². The summed E-state index contributed by atoms with van der Waals surface area (Å²) in [7, 11) is 0. The maximum absolute atomic E-state index is 11.1. The highest BCUT2D eigenvalue weighted by Gasteiger charge is 2.32. The monoisotopic (exact) mass is 276 g/mol. The summed E-state index contributed by atoms with van der Waals surface area (Å²) in [6, 6.07) is 2.42. The van der Waals surface area contributed by atoms with Crippen molar-refractivity contribution < 1.29 is 9.90 Å². The SMILES string of the molecule is Nc1c(C(=O)O)ccnc1NC1CCN2CCCC2C1. The lowest BCUT2D eigenvalue weighted by atomic mass is 9.97. The van der Waals surface area contributed by atoms with Crippen molar-refractivity contribution in [2.45, 2.75) is 37.8 Å². The second-order valence-electron chi connectivity index (χ2n) is 5.62. The van der Waals surface area contributed by atoms with Gasteiger partial charge in [-0.1, -0.05) is 0 Å². The van der Waals surface area contributed by atoms with Crippen LogP contribution in [0.1, 0.15) is 36.0 Å². The lowest BCUT2D eigenvalue weighted by Crippen LogP contribution is -2.43. The Labute approximate surface area is 118 Å². The van der Waals surface area contributed by atoms with E-state index >= 15 is 0 Å². The number of nitrogens with zero attached hydrogens (tertiary/aromatic N) is 2. The zero-order chi connectivity index (χ0) is 14.1. The number of nitrogens with two attached hydrogens (primary N) is 1. The van der Waals surface area contributed by atoms with Crippen molar-refractivity contribution in [3.05, 3.63) is 17.8 Å². The highest BCUT2D eigenvalue weighted by Crippen LogP contribution is 2.29. The molecule has 0 aliphatic carbocycles. The van der Waals surface area contributed by atoms with Crippen LogP contribution < -0.4 is 11.1 Å². The van der Waals surface area contributed by atoms with Gasteiger partial charge in [0.25, 0.3) is 0 Å². The van der Waals surface area contributed by atoms with E-state index in [2.05, 4.69) is 15.2 Å². The fourth-order valence-electron chi connectivity index (χ4n) is 3.32. The first-order valence-electron chi connectivity index (χ1n) is 7.13. The summed E-state index contributed by atoms with van der Waals surface area (Å²) in [5, 5.41) is 12.4. The van der Waals surface area contributed by atoms with Crippen LogP contribution in [-0.4, -0.2) is 46.1 Å². The standard InChI is InChI=1S/C14H20N4O2/c15-12-11(14(19)20)3-5-16-13(12)17-9-4-7-18-6-1-2-10(18)8-9/h3,5,9-10H,1-2,4,6-8,15H2,(H,16,17)(H,19,20). The van der Waals surface area contributed by atoms with E-state index < -0.39 is 5.97 Å². The van der Waals surface area contributed by atoms with Crippen LogP contribution in [0.4, 0.5) is 11.5 Å². The van der Waals surface area contributed by atoms with Gasteiger partial charge in [0.1, 0.15) is 5.82 Å². The number of carboxylic acids is 1. The molecule has 108 valence electrons. The molecule has 20 heavy (non-hydrogen) atoms. The molecule has 2 atom stereocenters. The number of hydrogen-bond donors (Lipinski definition) is 3. The Kier molecular flexibility index (Phi) is 3.48. The van der Waals surface area contributed by atoms with Gasteiger partial charge in [0, 0.05) is 24.8 Å². The Morgan fingerprint density at radius 3 is 3.10 bits per heavy atom. The van der Waals surface area contributed by atoms with Crippen molar-refractivity contribution in [3.63, 3.8) is 0 Å². The number of anilines is 2. The molecule has 2 aliphatic heterocycles. The van der Waals surface area contributed by atoms with Crippen LogP contribution in [0.5, 0.6) is 0 Å². The molecule has 0 spiro atoms. The number of carbonyl (C=O) groups is 1. The van der Waals surface area contributed by atoms with Crippen LogP contribution in [0.15, 0.2) is 12.3 Å². The minimum atomic E-state index is -1.02. The molecule has 2 aliphatic rings. The highest BCUT2D eigenvalue weighted by molar-refractivity contribution is 5.96. The fourth-order valence-corrected chi connectivity index (χ4v) is 3.32. The number of fused-ring (bicyclic) bond motifs is 1. The highest BCUT2D eigenvalue weighted by atomic mass is 16.4. The van der Waals surface area contributed by atoms with Crippen LogP contribution in [0.2, 0.25) is 0 Å². The van der Waals surface area contributed by atoms with Crippen molar-refractivity contribution in [3.8, 4) is 0 Å². The molecule has 0 saturated carbocycles. The maximum Gasteiger partial charge on any atom is 0.337 e. The molecule has 0 aromatic carbocycles. The van der Waals surface area contributed by atoms with Gasteiger partial charge in [-0.05, 0) is 38.3 Å². The molecule has 2 fully saturated rings. The number of hydrogen-bond acceptors (Lipinski definition) is 5. The van der Waals surface area contributed by atoms with Crippen LogP contribution in [0, 0.1) is 0 Å². The summed E-state index contributed by atoms with van der Waals surface area (Å²) in [4.78, 5) is 17.8. The number of carboxylic acid groups (broad SMARTS) is 1. The van der Waals surface area contributed by atoms with Gasteiger partial charge in [0.2, 0.25) is 0 Å². The second kappa shape index (κ2) is 5.28. The van der Waals surface area contributed by atoms with E-state index in [4.69, 9.17) is 10.8 Å². The summed E-state index contributed by atoms with van der Waals surface area (Å²) in [5.74, 6) is -0.514. The van der Waals surface area contributed by atoms with Crippen molar-refractivity contribution in [2.24, 2.45) is 0 Å². The second-order valence-corrected chi connectivity index (χ2v) is 5.62. The van der Waals surface area contributed by atoms with E-state index in [1.807, 2.05) is 0 Å². The first kappa shape index (κ1) is 13.2. The molecule has 3 heterocycles. The maximum atomic E-state index is 11.1. The van der Waals surface area contributed by atoms with Gasteiger partial charge >= 0.3 is 5.97 Å². The van der Waals surface area contributed by atoms with Crippen LogP contribution in [-0.2, 0) is 0 Å². The molecule has 1 aromatic rings. The molecule has 1 aromatic heterocycles. The van der Waals surface area contributed by atoms with Gasteiger partial charge in [0.15, 0.2) is 0 Å². The Bertz CT molecular complexity index is 520. The van der Waals surface area contributed by atoms with E-state index in [1.54, 1.807) is 0 Å². The summed E-state index contributed by atoms with van der Waals surface area (Å²) < 4.78 is 0. The van der Waals surface area contributed by atoms with E-state index in [1.165, 1.54) is 31.6 Å². The van der Waals surface area contributed by atoms with Crippen molar-refractivity contribution in [1.29, 1.82) is 0 Å². The van der Waals surface area contributed by atoms with E-state index in [9.17, 15) is 4.79 Å². The minimum Gasteiger partial charge on any atom is -0.478 e. The van der Waals surface area contributed by atoms with Crippen LogP contribution in [0.25, 0.3) is 0 Å². The smallest absolute Gasteiger partial charge is 0.337 e. The van der Waals surface area contributed by atoms with E-state index in [0.717, 1.165) is 19.4 Å². The summed E-state index contributed by atoms with van der Waals surface area (Å²) in [6.07, 6.45) is 6.17. The Hall–Kier alpha value is -1.82. The molecular formula is C14H20N4O2. The van der Waals surface area contributed by atoms with E-state index in [-0.39, 0.29) is 11.3 Å². The Morgan fingerprint density at radius 1 is 1.45 bits per heavy atom. The topological polar surface area (TPSA) is 91.5 Å². The third kappa shape index (κ3) is 2.43. The van der Waals surface area contributed by atoms with Gasteiger partial charge in [0.05, 0.1) is 11.3 Å². The third-order valence-corrected chi connectivity index (χ3v) is 4.38. The molecule has 6 nitrogen and oxygen atoms in total. The first-order valence-corrected chi connectivity index (χ1v) is 7.13. The molecule has 0 bridgehead atoms. The predicted octanol–water partition coefficient (Wildman–Crippen LogP) is 1.40. The summed E-state index contributed by atoms with van der Waals surface area (Å²) in [5.41, 5.74) is 6.23. The first-order chi connectivity index (χ1) is 9.65. The molecule has 0 amide bonds. The third-order valence-electron chi connectivity index (χ3n) is 4.38. The molecule has 3 rings (SSSR count). The van der Waals surface area contributed by atoms with Crippen LogP contribution >= 0.6 is 0 Å². The Balaban J connectivity index is 1.72. The molecule has 6 heteroatoms. The zero-order valence-electron chi connectivity index (χ0n) is 11.4. The molecule has 4 N–H and O–H groups in total. The minimum absolute atomic E-state index is 0.112. The quantitative estimate of drug-likeness (QED) is 0.773. The van der Waals surface area contributed by atoms with Crippen molar-refractivity contribution in [2.75, 3.05) is 24.1 Å². The number of nitrogens with one attached hydrogen (secondary N) is 1. The number of piperidine rings is 1. The lowest BCUT2D eigenvalue weighted by Gasteiger charge is -2.35. The fraction of sp³-hybridized carbons (Fsp3) is 0.571. The average molecular weight is 276 g/mol. The Morgan fingerprint density at radius 2 is 2.30 bits per heavy atom. The number of aromatic carboxylic acids is 1. The van der Waals surface area contributed by atoms with Gasteiger partial charge in [-0.25, -0.2) is 9.78 Å². The van der Waals surface area contributed by atoms with Crippen LogP contribution in [0.3, 0.4) is 0 Å². The van der Waals surface area contributed by atoms with Crippen molar-refractivity contribution >= 4 is 17.5 Å². The van der Waals surface area contributed by atoms with Crippen molar-refractivity contribution in [1.82, 2.24) is 9.88 Å². The molecule has 0 radical (unpaired) electrons. The number of pyridine rings is 1. The zero-order valence-corrected chi connectivity index (χ0v) is 11.4.